The van der Waals surface area contributed by atoms with Gasteiger partial charge in [-0.15, -0.1) is 0 Å². The smallest absolute Gasteiger partial charge is 0.127 e. The van der Waals surface area contributed by atoms with Crippen LogP contribution in [0.5, 0.6) is 11.5 Å². The third-order valence-electron chi connectivity index (χ3n) is 3.86. The number of hydrogen-bond donors (Lipinski definition) is 0. The Bertz CT molecular complexity index is 632. The van der Waals surface area contributed by atoms with E-state index >= 15 is 0 Å². The fourth-order valence-corrected chi connectivity index (χ4v) is 2.21. The lowest BCUT2D eigenvalue weighted by Gasteiger charge is -2.08. The molecule has 0 saturated carbocycles. The van der Waals surface area contributed by atoms with Crippen molar-refractivity contribution in [3.63, 3.8) is 0 Å². The topological polar surface area (TPSA) is 30.8 Å². The Morgan fingerprint density at radius 3 is 2.36 bits per heavy atom. The molecule has 0 radical (unpaired) electrons. The van der Waals surface area contributed by atoms with Crippen LogP contribution >= 0.6 is 0 Å². The first-order chi connectivity index (χ1) is 10.7. The Kier molecular flexibility index (Phi) is 5.59. The van der Waals surface area contributed by atoms with Crippen molar-refractivity contribution in [3.8, 4) is 11.5 Å². The Hall–Kier alpha value is -2.29. The molecule has 1 atom stereocenters. The maximum Gasteiger partial charge on any atom is 0.127 e. The van der Waals surface area contributed by atoms with E-state index in [2.05, 4.69) is 31.0 Å². The van der Waals surface area contributed by atoms with Gasteiger partial charge >= 0.3 is 0 Å². The fourth-order valence-electron chi connectivity index (χ4n) is 2.21. The van der Waals surface area contributed by atoms with Gasteiger partial charge < -0.3 is 9.47 Å². The molecule has 3 heteroatoms. The number of aliphatic imine (C=N–C) groups is 1. The van der Waals surface area contributed by atoms with E-state index in [1.807, 2.05) is 30.3 Å². The van der Waals surface area contributed by atoms with Crippen LogP contribution < -0.4 is 9.47 Å². The van der Waals surface area contributed by atoms with Gasteiger partial charge in [0.2, 0.25) is 0 Å². The average Bonchev–Trinajstić information content (AvgIpc) is 2.59. The van der Waals surface area contributed by atoms with Crippen LogP contribution in [0.1, 0.15) is 37.3 Å². The van der Waals surface area contributed by atoms with Crippen LogP contribution in [0, 0.1) is 0 Å². The molecule has 0 amide bonds. The lowest BCUT2D eigenvalue weighted by atomic mass is 9.99. The van der Waals surface area contributed by atoms with Gasteiger partial charge in [-0.05, 0) is 48.2 Å². The summed E-state index contributed by atoms with van der Waals surface area (Å²) >= 11 is 0. The second-order valence-electron chi connectivity index (χ2n) is 5.27. The van der Waals surface area contributed by atoms with E-state index in [-0.39, 0.29) is 0 Å². The number of rotatable bonds is 6. The molecule has 0 fully saturated rings. The highest BCUT2D eigenvalue weighted by atomic mass is 16.5. The number of nitrogens with zero attached hydrogens (tertiary/aromatic N) is 1. The van der Waals surface area contributed by atoms with E-state index in [1.54, 1.807) is 20.4 Å². The zero-order valence-electron chi connectivity index (χ0n) is 13.7. The first kappa shape index (κ1) is 16.1. The summed E-state index contributed by atoms with van der Waals surface area (Å²) in [7, 11) is 3.30. The van der Waals surface area contributed by atoms with Crippen LogP contribution in [0.2, 0.25) is 0 Å². The summed E-state index contributed by atoms with van der Waals surface area (Å²) in [5.41, 5.74) is 3.17. The van der Waals surface area contributed by atoms with E-state index in [0.717, 1.165) is 29.2 Å². The monoisotopic (exact) mass is 297 g/mol. The van der Waals surface area contributed by atoms with E-state index in [4.69, 9.17) is 9.47 Å². The third kappa shape index (κ3) is 3.88. The van der Waals surface area contributed by atoms with Crippen LogP contribution in [-0.2, 0) is 0 Å². The highest BCUT2D eigenvalue weighted by Gasteiger charge is 2.04. The minimum atomic E-state index is 0.580. The molecule has 2 rings (SSSR count). The molecule has 116 valence electrons. The van der Waals surface area contributed by atoms with Gasteiger partial charge in [0.15, 0.2) is 0 Å². The zero-order valence-corrected chi connectivity index (χ0v) is 13.7. The van der Waals surface area contributed by atoms with Gasteiger partial charge in [0.1, 0.15) is 11.5 Å². The summed E-state index contributed by atoms with van der Waals surface area (Å²) in [6, 6.07) is 14.0. The van der Waals surface area contributed by atoms with Gasteiger partial charge in [0, 0.05) is 11.8 Å². The molecule has 0 saturated heterocycles. The van der Waals surface area contributed by atoms with Crippen molar-refractivity contribution in [2.45, 2.75) is 26.2 Å². The lowest BCUT2D eigenvalue weighted by molar-refractivity contribution is 0.402. The molecule has 2 aromatic carbocycles. The molecule has 0 heterocycles. The van der Waals surface area contributed by atoms with Gasteiger partial charge in [-0.3, -0.25) is 4.99 Å². The van der Waals surface area contributed by atoms with E-state index in [0.29, 0.717) is 5.92 Å². The zero-order chi connectivity index (χ0) is 15.9. The van der Waals surface area contributed by atoms with Crippen LogP contribution in [0.4, 0.5) is 5.69 Å². The fraction of sp³-hybridized carbons (Fsp3) is 0.316. The highest BCUT2D eigenvalue weighted by Crippen LogP contribution is 2.24. The molecule has 0 bridgehead atoms. The van der Waals surface area contributed by atoms with E-state index in [1.165, 1.54) is 5.56 Å². The summed E-state index contributed by atoms with van der Waals surface area (Å²) in [6.45, 7) is 4.44. The first-order valence-electron chi connectivity index (χ1n) is 7.54. The summed E-state index contributed by atoms with van der Waals surface area (Å²) in [5, 5.41) is 0. The second-order valence-corrected chi connectivity index (χ2v) is 5.27. The molecular formula is C19H23NO2. The predicted molar refractivity (Wildman–Crippen MR) is 91.9 cm³/mol. The van der Waals surface area contributed by atoms with E-state index in [9.17, 15) is 0 Å². The van der Waals surface area contributed by atoms with Crippen LogP contribution in [-0.4, -0.2) is 20.4 Å². The highest BCUT2D eigenvalue weighted by molar-refractivity contribution is 5.86. The molecule has 0 aromatic heterocycles. The van der Waals surface area contributed by atoms with Gasteiger partial charge in [0.25, 0.3) is 0 Å². The summed E-state index contributed by atoms with van der Waals surface area (Å²) < 4.78 is 10.6. The molecule has 1 unspecified atom stereocenters. The first-order valence-corrected chi connectivity index (χ1v) is 7.54. The summed E-state index contributed by atoms with van der Waals surface area (Å²) in [6.07, 6.45) is 2.95. The van der Waals surface area contributed by atoms with Gasteiger partial charge in [-0.1, -0.05) is 26.0 Å². The lowest BCUT2D eigenvalue weighted by Crippen LogP contribution is -1.92. The van der Waals surface area contributed by atoms with Crippen molar-refractivity contribution in [1.29, 1.82) is 0 Å². The standard InChI is InChI=1S/C19H23NO2/c1-5-14(2)15-6-8-17(9-7-15)20-13-16-12-18(21-3)10-11-19(16)22-4/h6-14H,5H2,1-4H3. The van der Waals surface area contributed by atoms with Gasteiger partial charge in [-0.25, -0.2) is 0 Å². The van der Waals surface area contributed by atoms with Crippen molar-refractivity contribution in [2.24, 2.45) is 4.99 Å². The van der Waals surface area contributed by atoms with Crippen molar-refractivity contribution in [3.05, 3.63) is 53.6 Å². The third-order valence-corrected chi connectivity index (χ3v) is 3.86. The summed E-state index contributed by atoms with van der Waals surface area (Å²) in [5.74, 6) is 2.15. The number of ether oxygens (including phenoxy) is 2. The molecule has 2 aromatic rings. The van der Waals surface area contributed by atoms with Crippen molar-refractivity contribution < 1.29 is 9.47 Å². The molecule has 0 N–H and O–H groups in total. The molecule has 0 aliphatic rings. The Morgan fingerprint density at radius 1 is 1.05 bits per heavy atom. The van der Waals surface area contributed by atoms with Gasteiger partial charge in [0.05, 0.1) is 19.9 Å². The summed E-state index contributed by atoms with van der Waals surface area (Å²) in [4.78, 5) is 4.53. The van der Waals surface area contributed by atoms with Crippen molar-refractivity contribution >= 4 is 11.9 Å². The SMILES string of the molecule is CCC(C)c1ccc(N=Cc2cc(OC)ccc2OC)cc1. The van der Waals surface area contributed by atoms with Crippen LogP contribution in [0.3, 0.4) is 0 Å². The molecule has 3 nitrogen and oxygen atoms in total. The predicted octanol–water partition coefficient (Wildman–Crippen LogP) is 4.97. The Balaban J connectivity index is 2.21. The maximum absolute atomic E-state index is 5.35. The van der Waals surface area contributed by atoms with Crippen LogP contribution in [0.25, 0.3) is 0 Å². The van der Waals surface area contributed by atoms with E-state index < -0.39 is 0 Å². The van der Waals surface area contributed by atoms with Crippen LogP contribution in [0.15, 0.2) is 47.5 Å². The molecular weight excluding hydrogens is 274 g/mol. The molecule has 0 spiro atoms. The maximum atomic E-state index is 5.35. The van der Waals surface area contributed by atoms with Crippen molar-refractivity contribution in [2.75, 3.05) is 14.2 Å². The number of benzene rings is 2. The van der Waals surface area contributed by atoms with Gasteiger partial charge in [-0.2, -0.15) is 0 Å². The number of methoxy groups -OCH3 is 2. The molecule has 22 heavy (non-hydrogen) atoms. The second kappa shape index (κ2) is 7.64. The average molecular weight is 297 g/mol. The molecule has 0 aliphatic carbocycles. The molecule has 0 aliphatic heterocycles. The largest absolute Gasteiger partial charge is 0.497 e. The normalized spacial score (nSPS) is 12.4. The Labute approximate surface area is 132 Å². The minimum Gasteiger partial charge on any atom is -0.497 e. The quantitative estimate of drug-likeness (QED) is 0.705. The number of hydrogen-bond acceptors (Lipinski definition) is 3. The Morgan fingerprint density at radius 2 is 1.77 bits per heavy atom. The minimum absolute atomic E-state index is 0.580. The van der Waals surface area contributed by atoms with Crippen molar-refractivity contribution in [1.82, 2.24) is 0 Å².